The summed E-state index contributed by atoms with van der Waals surface area (Å²) in [7, 11) is 0. The largest absolute Gasteiger partial charge is 0.384 e. The molecule has 4 nitrogen and oxygen atoms in total. The van der Waals surface area contributed by atoms with Gasteiger partial charge in [0.25, 0.3) is 5.91 Å². The molecule has 0 bridgehead atoms. The maximum absolute atomic E-state index is 11.7. The number of aliphatic hydroxyl groups excluding tert-OH is 1. The molecule has 16 heavy (non-hydrogen) atoms. The Kier molecular flexibility index (Phi) is 4.33. The van der Waals surface area contributed by atoms with E-state index < -0.39 is 6.10 Å². The monoisotopic (exact) mass is 228 g/mol. The van der Waals surface area contributed by atoms with Crippen molar-refractivity contribution in [3.63, 3.8) is 0 Å². The highest BCUT2D eigenvalue weighted by Crippen LogP contribution is 2.16. The Labute approximate surface area is 98.2 Å². The van der Waals surface area contributed by atoms with E-state index >= 15 is 0 Å². The van der Waals surface area contributed by atoms with Gasteiger partial charge in [0.05, 0.1) is 0 Å². The lowest BCUT2D eigenvalue weighted by Crippen LogP contribution is -2.45. The zero-order chi connectivity index (χ0) is 12.3. The van der Waals surface area contributed by atoms with Gasteiger partial charge in [-0.25, -0.2) is 0 Å². The van der Waals surface area contributed by atoms with Gasteiger partial charge in [0, 0.05) is 31.7 Å². The molecule has 1 fully saturated rings. The van der Waals surface area contributed by atoms with Gasteiger partial charge in [0.15, 0.2) is 0 Å². The van der Waals surface area contributed by atoms with Crippen molar-refractivity contribution in [3.8, 4) is 0 Å². The fourth-order valence-electron chi connectivity index (χ4n) is 2.07. The summed E-state index contributed by atoms with van der Waals surface area (Å²) in [6, 6.07) is 0. The Hall–Kier alpha value is -0.610. The molecule has 1 rings (SSSR count). The molecule has 1 N–H and O–H groups in total. The molecule has 1 amide bonds. The quantitative estimate of drug-likeness (QED) is 0.718. The van der Waals surface area contributed by atoms with E-state index in [1.807, 2.05) is 0 Å². The average Bonchev–Trinajstić information content (AvgIpc) is 2.40. The Morgan fingerprint density at radius 1 is 1.19 bits per heavy atom. The summed E-state index contributed by atoms with van der Waals surface area (Å²) in [5.41, 5.74) is 0.157. The van der Waals surface area contributed by atoms with E-state index in [0.717, 1.165) is 32.6 Å². The van der Waals surface area contributed by atoms with Gasteiger partial charge in [-0.2, -0.15) is 0 Å². The smallest absolute Gasteiger partial charge is 0.251 e. The van der Waals surface area contributed by atoms with E-state index in [1.165, 1.54) is 6.92 Å². The first-order chi connectivity index (χ1) is 7.32. The van der Waals surface area contributed by atoms with E-state index in [0.29, 0.717) is 0 Å². The van der Waals surface area contributed by atoms with Crippen LogP contribution in [0.25, 0.3) is 0 Å². The Balaban J connectivity index is 2.56. The third-order valence-electron chi connectivity index (χ3n) is 3.11. The van der Waals surface area contributed by atoms with E-state index in [1.54, 1.807) is 4.90 Å². The molecule has 0 aromatic rings. The van der Waals surface area contributed by atoms with Crippen molar-refractivity contribution in [1.82, 2.24) is 9.80 Å². The maximum Gasteiger partial charge on any atom is 0.251 e. The van der Waals surface area contributed by atoms with E-state index in [2.05, 4.69) is 25.7 Å². The van der Waals surface area contributed by atoms with Crippen LogP contribution < -0.4 is 0 Å². The topological polar surface area (TPSA) is 43.8 Å². The standard InChI is InChI=1S/C12H24N2O2/c1-10(15)11(16)13-6-5-7-14(9-8-13)12(2,3)4/h10,15H,5-9H2,1-4H3. The first-order valence-electron chi connectivity index (χ1n) is 6.04. The number of carbonyl (C=O) groups is 1. The van der Waals surface area contributed by atoms with Gasteiger partial charge in [0.1, 0.15) is 6.10 Å². The molecule has 0 radical (unpaired) electrons. The predicted molar refractivity (Wildman–Crippen MR) is 64.2 cm³/mol. The summed E-state index contributed by atoms with van der Waals surface area (Å²) in [5, 5.41) is 9.29. The second kappa shape index (κ2) is 5.15. The van der Waals surface area contributed by atoms with Gasteiger partial charge in [-0.15, -0.1) is 0 Å². The second-order valence-corrected chi connectivity index (χ2v) is 5.51. The molecule has 0 saturated carbocycles. The molecule has 4 heteroatoms. The van der Waals surface area contributed by atoms with Gasteiger partial charge in [-0.05, 0) is 34.1 Å². The lowest BCUT2D eigenvalue weighted by Gasteiger charge is -2.34. The molecule has 1 atom stereocenters. The van der Waals surface area contributed by atoms with Crippen LogP contribution in [-0.4, -0.2) is 58.6 Å². The molecule has 1 unspecified atom stereocenters. The van der Waals surface area contributed by atoms with Crippen molar-refractivity contribution in [3.05, 3.63) is 0 Å². The predicted octanol–water partition coefficient (Wildman–Crippen LogP) is 0.700. The zero-order valence-corrected chi connectivity index (χ0v) is 10.9. The first kappa shape index (κ1) is 13.5. The molecular formula is C12H24N2O2. The summed E-state index contributed by atoms with van der Waals surface area (Å²) in [4.78, 5) is 15.8. The van der Waals surface area contributed by atoms with Crippen molar-refractivity contribution in [2.24, 2.45) is 0 Å². The lowest BCUT2D eigenvalue weighted by molar-refractivity contribution is -0.139. The Bertz CT molecular complexity index is 246. The summed E-state index contributed by atoms with van der Waals surface area (Å²) in [6.07, 6.45) is 0.108. The third kappa shape index (κ3) is 3.46. The summed E-state index contributed by atoms with van der Waals surface area (Å²) in [6.45, 7) is 11.5. The number of nitrogens with zero attached hydrogens (tertiary/aromatic N) is 2. The van der Waals surface area contributed by atoms with Gasteiger partial charge >= 0.3 is 0 Å². The van der Waals surface area contributed by atoms with Crippen LogP contribution >= 0.6 is 0 Å². The highest BCUT2D eigenvalue weighted by Gasteiger charge is 2.26. The average molecular weight is 228 g/mol. The number of carbonyl (C=O) groups excluding carboxylic acids is 1. The highest BCUT2D eigenvalue weighted by molar-refractivity contribution is 5.80. The van der Waals surface area contributed by atoms with Crippen LogP contribution in [0.3, 0.4) is 0 Å². The van der Waals surface area contributed by atoms with Crippen molar-refractivity contribution in [2.75, 3.05) is 26.2 Å². The Morgan fingerprint density at radius 2 is 1.81 bits per heavy atom. The van der Waals surface area contributed by atoms with E-state index in [4.69, 9.17) is 0 Å². The normalized spacial score (nSPS) is 21.7. The molecular weight excluding hydrogens is 204 g/mol. The van der Waals surface area contributed by atoms with Gasteiger partial charge in [-0.1, -0.05) is 0 Å². The number of amides is 1. The van der Waals surface area contributed by atoms with Crippen molar-refractivity contribution in [2.45, 2.75) is 45.8 Å². The van der Waals surface area contributed by atoms with Gasteiger partial charge in [-0.3, -0.25) is 9.69 Å². The van der Waals surface area contributed by atoms with E-state index in [-0.39, 0.29) is 11.4 Å². The molecule has 1 saturated heterocycles. The van der Waals surface area contributed by atoms with Gasteiger partial charge < -0.3 is 10.0 Å². The molecule has 1 aliphatic rings. The molecule has 0 spiro atoms. The van der Waals surface area contributed by atoms with Crippen molar-refractivity contribution < 1.29 is 9.90 Å². The minimum atomic E-state index is -0.874. The van der Waals surface area contributed by atoms with Gasteiger partial charge in [0.2, 0.25) is 0 Å². The summed E-state index contributed by atoms with van der Waals surface area (Å²) >= 11 is 0. The van der Waals surface area contributed by atoms with Crippen LogP contribution in [0.15, 0.2) is 0 Å². The van der Waals surface area contributed by atoms with Crippen molar-refractivity contribution in [1.29, 1.82) is 0 Å². The summed E-state index contributed by atoms with van der Waals surface area (Å²) in [5.74, 6) is -0.143. The second-order valence-electron chi connectivity index (χ2n) is 5.51. The van der Waals surface area contributed by atoms with E-state index in [9.17, 15) is 9.90 Å². The number of hydrogen-bond acceptors (Lipinski definition) is 3. The lowest BCUT2D eigenvalue weighted by atomic mass is 10.1. The molecule has 1 heterocycles. The van der Waals surface area contributed by atoms with Crippen LogP contribution in [0.2, 0.25) is 0 Å². The van der Waals surface area contributed by atoms with Crippen LogP contribution in [0, 0.1) is 0 Å². The Morgan fingerprint density at radius 3 is 2.31 bits per heavy atom. The fraction of sp³-hybridized carbons (Fsp3) is 0.917. The molecule has 94 valence electrons. The summed E-state index contributed by atoms with van der Waals surface area (Å²) < 4.78 is 0. The molecule has 1 aliphatic heterocycles. The minimum absolute atomic E-state index is 0.143. The molecule has 0 aromatic carbocycles. The number of aliphatic hydroxyl groups is 1. The minimum Gasteiger partial charge on any atom is -0.384 e. The van der Waals surface area contributed by atoms with Crippen LogP contribution in [-0.2, 0) is 4.79 Å². The van der Waals surface area contributed by atoms with Crippen LogP contribution in [0.1, 0.15) is 34.1 Å². The molecule has 0 aromatic heterocycles. The zero-order valence-electron chi connectivity index (χ0n) is 10.9. The molecule has 0 aliphatic carbocycles. The number of rotatable bonds is 1. The number of hydrogen-bond donors (Lipinski definition) is 1. The first-order valence-corrected chi connectivity index (χ1v) is 6.04. The van der Waals surface area contributed by atoms with Crippen LogP contribution in [0.5, 0.6) is 0 Å². The SMILES string of the molecule is CC(O)C(=O)N1CCCN(C(C)(C)C)CC1. The van der Waals surface area contributed by atoms with Crippen molar-refractivity contribution >= 4 is 5.91 Å². The van der Waals surface area contributed by atoms with Crippen LogP contribution in [0.4, 0.5) is 0 Å². The maximum atomic E-state index is 11.7. The fourth-order valence-corrected chi connectivity index (χ4v) is 2.07. The highest BCUT2D eigenvalue weighted by atomic mass is 16.3. The third-order valence-corrected chi connectivity index (χ3v) is 3.11.